The summed E-state index contributed by atoms with van der Waals surface area (Å²) in [6.07, 6.45) is 3.18. The minimum atomic E-state index is -3.86. The molecule has 206 valence electrons. The first-order valence-corrected chi connectivity index (χ1v) is 14.5. The van der Waals surface area contributed by atoms with Gasteiger partial charge in [-0.05, 0) is 73.4 Å². The summed E-state index contributed by atoms with van der Waals surface area (Å²) in [5, 5.41) is 21.0. The fourth-order valence-corrected chi connectivity index (χ4v) is 5.79. The number of halogens is 4. The van der Waals surface area contributed by atoms with E-state index in [4.69, 9.17) is 23.2 Å². The Morgan fingerprint density at radius 2 is 1.59 bits per heavy atom. The van der Waals surface area contributed by atoms with E-state index >= 15 is 4.39 Å². The van der Waals surface area contributed by atoms with Crippen molar-refractivity contribution in [1.29, 1.82) is 0 Å². The van der Waals surface area contributed by atoms with Crippen molar-refractivity contribution in [1.82, 2.24) is 9.55 Å². The molecule has 0 aliphatic rings. The van der Waals surface area contributed by atoms with Gasteiger partial charge in [0.1, 0.15) is 23.1 Å². The van der Waals surface area contributed by atoms with Crippen LogP contribution in [0, 0.1) is 11.6 Å². The number of rotatable bonds is 8. The van der Waals surface area contributed by atoms with Crippen LogP contribution >= 0.6 is 23.2 Å². The van der Waals surface area contributed by atoms with Crippen LogP contribution in [0.25, 0.3) is 16.8 Å². The van der Waals surface area contributed by atoms with Crippen LogP contribution in [0.15, 0.2) is 59.6 Å². The maximum absolute atomic E-state index is 15.6. The summed E-state index contributed by atoms with van der Waals surface area (Å²) in [5.41, 5.74) is -0.121. The zero-order chi connectivity index (χ0) is 28.7. The van der Waals surface area contributed by atoms with Gasteiger partial charge in [-0.15, -0.1) is 0 Å². The Kier molecular flexibility index (Phi) is 8.21. The van der Waals surface area contributed by atoms with E-state index in [9.17, 15) is 23.0 Å². The van der Waals surface area contributed by atoms with Crippen molar-refractivity contribution in [3.63, 3.8) is 0 Å². The molecule has 11 heteroatoms. The van der Waals surface area contributed by atoms with Crippen LogP contribution < -0.4 is 0 Å². The van der Waals surface area contributed by atoms with Gasteiger partial charge in [-0.3, -0.25) is 0 Å². The van der Waals surface area contributed by atoms with Crippen LogP contribution in [0.2, 0.25) is 10.0 Å². The Morgan fingerprint density at radius 3 is 2.15 bits per heavy atom. The molecule has 0 unspecified atom stereocenters. The van der Waals surface area contributed by atoms with Gasteiger partial charge in [-0.25, -0.2) is 22.2 Å². The molecule has 0 aliphatic heterocycles. The van der Waals surface area contributed by atoms with E-state index in [0.29, 0.717) is 40.0 Å². The van der Waals surface area contributed by atoms with E-state index in [-0.39, 0.29) is 27.3 Å². The van der Waals surface area contributed by atoms with Crippen molar-refractivity contribution in [2.75, 3.05) is 6.26 Å². The number of imidazole rings is 1. The largest absolute Gasteiger partial charge is 0.392 e. The summed E-state index contributed by atoms with van der Waals surface area (Å²) in [7, 11) is -3.86. The maximum atomic E-state index is 15.6. The van der Waals surface area contributed by atoms with Crippen molar-refractivity contribution in [2.45, 2.75) is 43.8 Å². The topological polar surface area (TPSA) is 92.4 Å². The monoisotopic (exact) mass is 594 g/mol. The second kappa shape index (κ2) is 11.0. The second-order valence-corrected chi connectivity index (χ2v) is 12.5. The minimum absolute atomic E-state index is 0.123. The fourth-order valence-electron chi connectivity index (χ4n) is 4.25. The Bertz CT molecular complexity index is 1640. The molecule has 0 spiro atoms. The summed E-state index contributed by atoms with van der Waals surface area (Å²) >= 11 is 12.6. The number of aliphatic hydroxyl groups excluding tert-OH is 1. The summed E-state index contributed by atoms with van der Waals surface area (Å²) in [6.45, 7) is 2.34. The molecule has 2 N–H and O–H groups in total. The number of sulfone groups is 1. The van der Waals surface area contributed by atoms with E-state index in [1.54, 1.807) is 38.2 Å². The molecule has 0 bridgehead atoms. The molecule has 0 atom stereocenters. The minimum Gasteiger partial charge on any atom is -0.392 e. The van der Waals surface area contributed by atoms with Gasteiger partial charge in [0.15, 0.2) is 9.84 Å². The number of aryl methyl sites for hydroxylation is 1. The van der Waals surface area contributed by atoms with Crippen LogP contribution in [0.3, 0.4) is 0 Å². The highest BCUT2D eigenvalue weighted by Crippen LogP contribution is 2.32. The van der Waals surface area contributed by atoms with Gasteiger partial charge >= 0.3 is 0 Å². The third-order valence-electron chi connectivity index (χ3n) is 6.32. The van der Waals surface area contributed by atoms with Gasteiger partial charge in [0.25, 0.3) is 0 Å². The van der Waals surface area contributed by atoms with E-state index in [1.165, 1.54) is 22.8 Å². The smallest absolute Gasteiger partial charge is 0.176 e. The molecule has 4 rings (SSSR count). The SMILES string of the molecule is CC(C)(O)c1cn(-c2ccc(-c3cc(F)c(CO)c(S(C)(=O)=O)c3)cc2F)c(CCc2c(Cl)cccc2Cl)n1. The van der Waals surface area contributed by atoms with Gasteiger partial charge in [-0.1, -0.05) is 35.3 Å². The van der Waals surface area contributed by atoms with Gasteiger partial charge in [0.05, 0.1) is 22.9 Å². The van der Waals surface area contributed by atoms with Crippen LogP contribution in [0.4, 0.5) is 8.78 Å². The molecule has 0 amide bonds. The number of aromatic nitrogens is 2. The van der Waals surface area contributed by atoms with Gasteiger partial charge < -0.3 is 14.8 Å². The zero-order valence-electron chi connectivity index (χ0n) is 21.3. The first-order chi connectivity index (χ1) is 18.2. The normalized spacial score (nSPS) is 12.2. The molecule has 6 nitrogen and oxygen atoms in total. The number of aliphatic hydroxyl groups is 2. The third kappa shape index (κ3) is 6.18. The summed E-state index contributed by atoms with van der Waals surface area (Å²) < 4.78 is 56.1. The molecule has 0 radical (unpaired) electrons. The van der Waals surface area contributed by atoms with E-state index in [2.05, 4.69) is 4.98 Å². The first-order valence-electron chi connectivity index (χ1n) is 11.9. The van der Waals surface area contributed by atoms with Crippen LogP contribution in [-0.4, -0.2) is 34.4 Å². The Labute approximate surface area is 235 Å². The van der Waals surface area contributed by atoms with E-state index in [1.807, 2.05) is 0 Å². The molecule has 0 aliphatic carbocycles. The molecule has 0 fully saturated rings. The highest BCUT2D eigenvalue weighted by Gasteiger charge is 2.24. The molecular formula is C28H26Cl2F2N2O4S. The quantitative estimate of drug-likeness (QED) is 0.260. The Balaban J connectivity index is 1.77. The lowest BCUT2D eigenvalue weighted by Gasteiger charge is -2.14. The standard InChI is InChI=1S/C28H26Cl2F2N2O4S/c1-28(2,36)26-14-34(27(33-26)10-8-18-20(29)5-4-6-21(18)30)24-9-7-16(11-23(24)32)17-12-22(31)19(15-35)25(13-17)39(3,37)38/h4-7,9,11-14,35-36H,8,10,15H2,1-3H3. The highest BCUT2D eigenvalue weighted by atomic mass is 35.5. The number of hydrogen-bond donors (Lipinski definition) is 2. The second-order valence-electron chi connectivity index (χ2n) is 9.70. The Morgan fingerprint density at radius 1 is 0.949 bits per heavy atom. The van der Waals surface area contributed by atoms with Crippen molar-refractivity contribution < 1.29 is 27.4 Å². The van der Waals surface area contributed by atoms with Gasteiger partial charge in [0, 0.05) is 34.5 Å². The maximum Gasteiger partial charge on any atom is 0.176 e. The summed E-state index contributed by atoms with van der Waals surface area (Å²) in [6, 6.07) is 11.6. The molecule has 0 saturated carbocycles. The van der Waals surface area contributed by atoms with Crippen LogP contribution in [0.5, 0.6) is 0 Å². The van der Waals surface area contributed by atoms with Crippen LogP contribution in [-0.2, 0) is 34.9 Å². The van der Waals surface area contributed by atoms with E-state index in [0.717, 1.165) is 18.4 Å². The molecule has 4 aromatic rings. The van der Waals surface area contributed by atoms with E-state index < -0.39 is 33.7 Å². The van der Waals surface area contributed by atoms with Crippen molar-refractivity contribution in [3.8, 4) is 16.8 Å². The molecule has 1 heterocycles. The van der Waals surface area contributed by atoms with Gasteiger partial charge in [-0.2, -0.15) is 0 Å². The number of nitrogens with zero attached hydrogens (tertiary/aromatic N) is 2. The molecular weight excluding hydrogens is 569 g/mol. The zero-order valence-corrected chi connectivity index (χ0v) is 23.7. The predicted octanol–water partition coefficient (Wildman–Crippen LogP) is 6.03. The molecule has 3 aromatic carbocycles. The molecule has 39 heavy (non-hydrogen) atoms. The van der Waals surface area contributed by atoms with Crippen molar-refractivity contribution in [3.05, 3.63) is 99.1 Å². The van der Waals surface area contributed by atoms with Gasteiger partial charge in [0.2, 0.25) is 0 Å². The number of benzene rings is 3. The lowest BCUT2D eigenvalue weighted by atomic mass is 10.0. The number of hydrogen-bond acceptors (Lipinski definition) is 5. The third-order valence-corrected chi connectivity index (χ3v) is 8.19. The average molecular weight is 595 g/mol. The first kappa shape index (κ1) is 29.2. The summed E-state index contributed by atoms with van der Waals surface area (Å²) in [4.78, 5) is 4.18. The average Bonchev–Trinajstić information content (AvgIpc) is 3.27. The Hall–Kier alpha value is -2.82. The highest BCUT2D eigenvalue weighted by molar-refractivity contribution is 7.90. The van der Waals surface area contributed by atoms with Crippen molar-refractivity contribution >= 4 is 33.0 Å². The molecule has 1 aromatic heterocycles. The molecule has 0 saturated heterocycles. The van der Waals surface area contributed by atoms with Crippen molar-refractivity contribution in [2.24, 2.45) is 0 Å². The summed E-state index contributed by atoms with van der Waals surface area (Å²) in [5.74, 6) is -1.14. The fraction of sp³-hybridized carbons (Fsp3) is 0.250. The predicted molar refractivity (Wildman–Crippen MR) is 147 cm³/mol. The van der Waals surface area contributed by atoms with Crippen LogP contribution in [0.1, 0.15) is 36.5 Å². The lowest BCUT2D eigenvalue weighted by Crippen LogP contribution is -2.16. The lowest BCUT2D eigenvalue weighted by molar-refractivity contribution is 0.0741.